The Morgan fingerprint density at radius 2 is 2.14 bits per heavy atom. The summed E-state index contributed by atoms with van der Waals surface area (Å²) in [5.74, 6) is 0.297. The second kappa shape index (κ2) is 4.13. The van der Waals surface area contributed by atoms with Crippen molar-refractivity contribution in [1.82, 2.24) is 4.98 Å². The normalized spacial score (nSPS) is 10.1. The van der Waals surface area contributed by atoms with Crippen LogP contribution in [0.5, 0.6) is 5.75 Å². The quantitative estimate of drug-likeness (QED) is 0.651. The minimum Gasteiger partial charge on any atom is -0.508 e. The molecule has 2 rings (SSSR count). The van der Waals surface area contributed by atoms with Crippen LogP contribution in [0.4, 0.5) is 0 Å². The molecular weight excluding hydrogens is 180 g/mol. The maximum Gasteiger partial charge on any atom is 0.116 e. The Bertz CT molecular complexity index is 423. The first-order chi connectivity index (χ1) is 6.31. The summed E-state index contributed by atoms with van der Waals surface area (Å²) in [6.07, 6.45) is 2.78. The smallest absolute Gasteiger partial charge is 0.116 e. The molecule has 4 heteroatoms. The number of aromatic amines is 1. The molecule has 0 saturated heterocycles. The molecule has 0 saturated carbocycles. The van der Waals surface area contributed by atoms with Crippen molar-refractivity contribution in [2.45, 2.75) is 6.42 Å². The summed E-state index contributed by atoms with van der Waals surface area (Å²) in [7, 11) is 0. The first-order valence-corrected chi connectivity index (χ1v) is 4.30. The summed E-state index contributed by atoms with van der Waals surface area (Å²) >= 11 is 0. The van der Waals surface area contributed by atoms with E-state index in [1.807, 2.05) is 12.3 Å². The van der Waals surface area contributed by atoms with Crippen molar-refractivity contribution in [2.24, 2.45) is 5.73 Å². The zero-order chi connectivity index (χ0) is 9.26. The molecule has 0 aliphatic heterocycles. The van der Waals surface area contributed by atoms with E-state index >= 15 is 0 Å². The molecule has 0 fully saturated rings. The summed E-state index contributed by atoms with van der Waals surface area (Å²) in [6.45, 7) is 0.628. The molecule has 14 heavy (non-hydrogen) atoms. The average Bonchev–Trinajstić information content (AvgIpc) is 2.49. The Morgan fingerprint density at radius 1 is 1.36 bits per heavy atom. The van der Waals surface area contributed by atoms with E-state index in [1.165, 1.54) is 0 Å². The predicted molar refractivity (Wildman–Crippen MR) is 56.3 cm³/mol. The molecule has 1 aromatic heterocycles. The average molecular weight is 194 g/mol. The van der Waals surface area contributed by atoms with Crippen LogP contribution in [0.3, 0.4) is 0 Å². The second-order valence-corrected chi connectivity index (χ2v) is 3.08. The standard InChI is InChI=1S/C10H12N2O.H2O/c11-4-3-7-6-12-10-2-1-8(13)5-9(7)10;/h1-2,5-6,12-13H,3-4,11H2;1H2. The fraction of sp³-hybridized carbons (Fsp3) is 0.200. The molecular formula is C10H14N2O2. The molecule has 0 aliphatic carbocycles. The second-order valence-electron chi connectivity index (χ2n) is 3.08. The van der Waals surface area contributed by atoms with Gasteiger partial charge in [0, 0.05) is 17.1 Å². The number of benzene rings is 1. The van der Waals surface area contributed by atoms with Gasteiger partial charge in [-0.15, -0.1) is 0 Å². The van der Waals surface area contributed by atoms with Crippen molar-refractivity contribution in [2.75, 3.05) is 6.54 Å². The number of hydrogen-bond donors (Lipinski definition) is 3. The lowest BCUT2D eigenvalue weighted by atomic mass is 10.1. The molecule has 76 valence electrons. The lowest BCUT2D eigenvalue weighted by molar-refractivity contribution is 0.476. The van der Waals surface area contributed by atoms with Crippen LogP contribution in [-0.2, 0) is 6.42 Å². The van der Waals surface area contributed by atoms with Gasteiger partial charge in [0.15, 0.2) is 0 Å². The van der Waals surface area contributed by atoms with Gasteiger partial charge < -0.3 is 21.3 Å². The van der Waals surface area contributed by atoms with Crippen molar-refractivity contribution in [1.29, 1.82) is 0 Å². The molecule has 0 radical (unpaired) electrons. The zero-order valence-corrected chi connectivity index (χ0v) is 7.75. The number of nitrogens with one attached hydrogen (secondary N) is 1. The number of nitrogens with two attached hydrogens (primary N) is 1. The van der Waals surface area contributed by atoms with Crippen LogP contribution in [0.25, 0.3) is 10.9 Å². The third-order valence-electron chi connectivity index (χ3n) is 2.16. The van der Waals surface area contributed by atoms with Crippen LogP contribution >= 0.6 is 0 Å². The number of aromatic nitrogens is 1. The van der Waals surface area contributed by atoms with Crippen molar-refractivity contribution in [3.05, 3.63) is 30.0 Å². The number of rotatable bonds is 2. The molecule has 1 heterocycles. The Morgan fingerprint density at radius 3 is 2.86 bits per heavy atom. The number of phenolic OH excluding ortho intramolecular Hbond substituents is 1. The van der Waals surface area contributed by atoms with Gasteiger partial charge in [-0.05, 0) is 36.7 Å². The summed E-state index contributed by atoms with van der Waals surface area (Å²) in [5.41, 5.74) is 7.68. The zero-order valence-electron chi connectivity index (χ0n) is 7.75. The van der Waals surface area contributed by atoms with Gasteiger partial charge in [-0.3, -0.25) is 0 Å². The van der Waals surface area contributed by atoms with Crippen LogP contribution in [0.1, 0.15) is 5.56 Å². The van der Waals surface area contributed by atoms with E-state index in [0.29, 0.717) is 12.3 Å². The highest BCUT2D eigenvalue weighted by Gasteiger charge is 2.02. The maximum absolute atomic E-state index is 9.30. The van der Waals surface area contributed by atoms with E-state index in [0.717, 1.165) is 22.9 Å². The lowest BCUT2D eigenvalue weighted by Crippen LogP contribution is -2.01. The number of hydrogen-bond acceptors (Lipinski definition) is 2. The van der Waals surface area contributed by atoms with Crippen LogP contribution in [-0.4, -0.2) is 22.1 Å². The molecule has 0 spiro atoms. The van der Waals surface area contributed by atoms with Gasteiger partial charge in [0.05, 0.1) is 0 Å². The summed E-state index contributed by atoms with van der Waals surface area (Å²) in [4.78, 5) is 3.13. The Kier molecular flexibility index (Phi) is 3.11. The topological polar surface area (TPSA) is 93.5 Å². The van der Waals surface area contributed by atoms with Crippen LogP contribution in [0, 0.1) is 0 Å². The highest BCUT2D eigenvalue weighted by atomic mass is 16.3. The fourth-order valence-corrected chi connectivity index (χ4v) is 1.53. The Labute approximate surface area is 81.7 Å². The lowest BCUT2D eigenvalue weighted by Gasteiger charge is -1.96. The third kappa shape index (κ3) is 1.71. The molecule has 0 atom stereocenters. The van der Waals surface area contributed by atoms with Crippen molar-refractivity contribution in [3.8, 4) is 5.75 Å². The highest BCUT2D eigenvalue weighted by Crippen LogP contribution is 2.22. The largest absolute Gasteiger partial charge is 0.508 e. The first-order valence-electron chi connectivity index (χ1n) is 4.30. The molecule has 0 aliphatic rings. The maximum atomic E-state index is 9.30. The van der Waals surface area contributed by atoms with Crippen molar-refractivity contribution in [3.63, 3.8) is 0 Å². The number of fused-ring (bicyclic) bond motifs is 1. The van der Waals surface area contributed by atoms with Gasteiger partial charge >= 0.3 is 0 Å². The van der Waals surface area contributed by atoms with E-state index in [9.17, 15) is 5.11 Å². The van der Waals surface area contributed by atoms with Gasteiger partial charge in [-0.2, -0.15) is 0 Å². The Balaban J connectivity index is 0.000000980. The summed E-state index contributed by atoms with van der Waals surface area (Å²) < 4.78 is 0. The van der Waals surface area contributed by atoms with Gasteiger partial charge in [-0.25, -0.2) is 0 Å². The van der Waals surface area contributed by atoms with E-state index < -0.39 is 0 Å². The molecule has 6 N–H and O–H groups in total. The van der Waals surface area contributed by atoms with Crippen LogP contribution in [0.15, 0.2) is 24.4 Å². The van der Waals surface area contributed by atoms with E-state index in [-0.39, 0.29) is 5.48 Å². The molecule has 0 amide bonds. The van der Waals surface area contributed by atoms with Crippen molar-refractivity contribution < 1.29 is 10.6 Å². The Hall–Kier alpha value is -1.52. The van der Waals surface area contributed by atoms with E-state index in [2.05, 4.69) is 4.98 Å². The van der Waals surface area contributed by atoms with E-state index in [4.69, 9.17) is 5.73 Å². The SMILES string of the molecule is NCCc1c[nH]c2ccc(O)cc12.O. The highest BCUT2D eigenvalue weighted by molar-refractivity contribution is 5.84. The van der Waals surface area contributed by atoms with Crippen LogP contribution in [0.2, 0.25) is 0 Å². The van der Waals surface area contributed by atoms with Crippen LogP contribution < -0.4 is 5.73 Å². The minimum atomic E-state index is 0. The number of H-pyrrole nitrogens is 1. The van der Waals surface area contributed by atoms with Gasteiger partial charge in [0.2, 0.25) is 0 Å². The first kappa shape index (κ1) is 10.6. The molecule has 0 bridgehead atoms. The molecule has 1 aromatic carbocycles. The summed E-state index contributed by atoms with van der Waals surface area (Å²) in [6, 6.07) is 5.30. The molecule has 0 unspecified atom stereocenters. The fourth-order valence-electron chi connectivity index (χ4n) is 1.53. The third-order valence-corrected chi connectivity index (χ3v) is 2.16. The van der Waals surface area contributed by atoms with Gasteiger partial charge in [0.25, 0.3) is 0 Å². The molecule has 4 nitrogen and oxygen atoms in total. The minimum absolute atomic E-state index is 0. The van der Waals surface area contributed by atoms with E-state index in [1.54, 1.807) is 12.1 Å². The predicted octanol–water partition coefficient (Wildman–Crippen LogP) is 0.550. The number of phenols is 1. The number of aromatic hydroxyl groups is 1. The molecule has 2 aromatic rings. The van der Waals surface area contributed by atoms with Gasteiger partial charge in [-0.1, -0.05) is 0 Å². The summed E-state index contributed by atoms with van der Waals surface area (Å²) in [5, 5.41) is 10.4. The monoisotopic (exact) mass is 194 g/mol. The van der Waals surface area contributed by atoms with Gasteiger partial charge in [0.1, 0.15) is 5.75 Å². The van der Waals surface area contributed by atoms with Crippen molar-refractivity contribution >= 4 is 10.9 Å².